The van der Waals surface area contributed by atoms with Gasteiger partial charge in [-0.25, -0.2) is 4.79 Å². The molecule has 0 heterocycles. The van der Waals surface area contributed by atoms with Crippen molar-refractivity contribution in [1.29, 1.82) is 0 Å². The van der Waals surface area contributed by atoms with Crippen molar-refractivity contribution in [1.82, 2.24) is 10.2 Å². The summed E-state index contributed by atoms with van der Waals surface area (Å²) in [5.74, 6) is -1.89. The zero-order valence-corrected chi connectivity index (χ0v) is 16.1. The smallest absolute Gasteiger partial charge is 0.334 e. The zero-order chi connectivity index (χ0) is 20.2. The first-order chi connectivity index (χ1) is 12.7. The van der Waals surface area contributed by atoms with Crippen LogP contribution in [0.4, 0.5) is 0 Å². The fourth-order valence-corrected chi connectivity index (χ4v) is 2.84. The molecule has 0 aliphatic rings. The molecule has 1 unspecified atom stereocenters. The second kappa shape index (κ2) is 8.22. The Bertz CT molecular complexity index is 847. The summed E-state index contributed by atoms with van der Waals surface area (Å²) < 4.78 is 0. The molecule has 0 spiro atoms. The number of nitrogens with zero attached hydrogens (tertiary/aromatic N) is 1. The first-order valence-electron chi connectivity index (χ1n) is 8.35. The Morgan fingerprint density at radius 2 is 1.52 bits per heavy atom. The maximum Gasteiger partial charge on any atom is 0.334 e. The van der Waals surface area contributed by atoms with Crippen LogP contribution < -0.4 is 5.32 Å². The number of benzene rings is 2. The van der Waals surface area contributed by atoms with Crippen LogP contribution in [-0.2, 0) is 10.3 Å². The van der Waals surface area contributed by atoms with Crippen LogP contribution in [0.25, 0.3) is 0 Å². The number of carboxylic acids is 1. The van der Waals surface area contributed by atoms with Crippen molar-refractivity contribution in [2.24, 2.45) is 0 Å². The van der Waals surface area contributed by atoms with Gasteiger partial charge in [-0.05, 0) is 48.4 Å². The molecule has 2 aromatic carbocycles. The molecule has 142 valence electrons. The number of carboxylic acid groups (broad SMARTS) is 1. The Hall–Kier alpha value is -2.86. The molecule has 2 N–H and O–H groups in total. The summed E-state index contributed by atoms with van der Waals surface area (Å²) in [5, 5.41) is 12.9. The fraction of sp³-hybridized carbons (Fsp3) is 0.250. The molecule has 2 amide bonds. The molecule has 2 rings (SSSR count). The van der Waals surface area contributed by atoms with E-state index in [1.165, 1.54) is 29.2 Å². The molecule has 0 bridgehead atoms. The second-order valence-corrected chi connectivity index (χ2v) is 6.74. The molecule has 0 radical (unpaired) electrons. The van der Waals surface area contributed by atoms with Gasteiger partial charge in [-0.15, -0.1) is 0 Å². The minimum atomic E-state index is -1.58. The van der Waals surface area contributed by atoms with Crippen LogP contribution in [-0.4, -0.2) is 41.9 Å². The first kappa shape index (κ1) is 20.5. The molecule has 0 saturated carbocycles. The lowest BCUT2D eigenvalue weighted by molar-refractivity contribution is -0.145. The maximum atomic E-state index is 12.7. The van der Waals surface area contributed by atoms with Crippen LogP contribution in [0.3, 0.4) is 0 Å². The minimum Gasteiger partial charge on any atom is -0.479 e. The molecule has 0 aliphatic heterocycles. The van der Waals surface area contributed by atoms with Crippen molar-refractivity contribution >= 4 is 29.4 Å². The van der Waals surface area contributed by atoms with Crippen LogP contribution in [0.15, 0.2) is 48.5 Å². The molecule has 27 heavy (non-hydrogen) atoms. The van der Waals surface area contributed by atoms with Crippen molar-refractivity contribution in [2.75, 3.05) is 14.1 Å². The fourth-order valence-electron chi connectivity index (χ4n) is 2.72. The van der Waals surface area contributed by atoms with Gasteiger partial charge in [0.1, 0.15) is 0 Å². The minimum absolute atomic E-state index is 0.146. The molecular weight excluding hydrogens is 368 g/mol. The van der Waals surface area contributed by atoms with Crippen molar-refractivity contribution in [3.8, 4) is 0 Å². The lowest BCUT2D eigenvalue weighted by atomic mass is 9.86. The van der Waals surface area contributed by atoms with Crippen molar-refractivity contribution < 1.29 is 19.5 Å². The summed E-state index contributed by atoms with van der Waals surface area (Å²) in [6, 6.07) is 12.4. The van der Waals surface area contributed by atoms with Crippen LogP contribution >= 0.6 is 11.6 Å². The average Bonchev–Trinajstić information content (AvgIpc) is 2.66. The third-order valence-corrected chi connectivity index (χ3v) is 4.61. The summed E-state index contributed by atoms with van der Waals surface area (Å²) in [6.07, 6.45) is 0.146. The summed E-state index contributed by atoms with van der Waals surface area (Å²) in [4.78, 5) is 38.1. The highest BCUT2D eigenvalue weighted by atomic mass is 35.5. The van der Waals surface area contributed by atoms with Crippen molar-refractivity contribution in [3.05, 3.63) is 70.2 Å². The van der Waals surface area contributed by atoms with Gasteiger partial charge in [0.15, 0.2) is 5.54 Å². The number of amides is 2. The van der Waals surface area contributed by atoms with Gasteiger partial charge in [-0.1, -0.05) is 30.7 Å². The number of hydrogen-bond donors (Lipinski definition) is 2. The third-order valence-electron chi connectivity index (χ3n) is 4.36. The highest BCUT2D eigenvalue weighted by Crippen LogP contribution is 2.27. The van der Waals surface area contributed by atoms with E-state index in [1.807, 2.05) is 0 Å². The SMILES string of the molecule is CCC(NC(=O)c1ccc(C(=O)N(C)C)cc1)(C(=O)O)c1ccc(Cl)cc1. The van der Waals surface area contributed by atoms with E-state index in [9.17, 15) is 19.5 Å². The highest BCUT2D eigenvalue weighted by molar-refractivity contribution is 6.30. The molecule has 1 atom stereocenters. The molecule has 2 aromatic rings. The number of nitrogens with one attached hydrogen (secondary N) is 1. The number of carbonyl (C=O) groups excluding carboxylic acids is 2. The third kappa shape index (κ3) is 4.28. The van der Waals surface area contributed by atoms with Gasteiger partial charge in [-0.2, -0.15) is 0 Å². The molecule has 0 fully saturated rings. The average molecular weight is 389 g/mol. The number of rotatable bonds is 6. The lowest BCUT2D eigenvalue weighted by Crippen LogP contribution is -2.51. The van der Waals surface area contributed by atoms with E-state index in [4.69, 9.17) is 11.6 Å². The molecular formula is C20H21ClN2O4. The maximum absolute atomic E-state index is 12.7. The largest absolute Gasteiger partial charge is 0.479 e. The second-order valence-electron chi connectivity index (χ2n) is 6.30. The Balaban J connectivity index is 2.32. The van der Waals surface area contributed by atoms with Gasteiger partial charge in [0.25, 0.3) is 11.8 Å². The number of hydrogen-bond acceptors (Lipinski definition) is 3. The quantitative estimate of drug-likeness (QED) is 0.795. The van der Waals surface area contributed by atoms with E-state index in [0.29, 0.717) is 16.1 Å². The normalized spacial score (nSPS) is 12.7. The van der Waals surface area contributed by atoms with E-state index in [-0.39, 0.29) is 17.9 Å². The predicted molar refractivity (Wildman–Crippen MR) is 103 cm³/mol. The van der Waals surface area contributed by atoms with Crippen LogP contribution in [0.1, 0.15) is 39.6 Å². The van der Waals surface area contributed by atoms with Crippen LogP contribution in [0.5, 0.6) is 0 Å². The summed E-state index contributed by atoms with van der Waals surface area (Å²) >= 11 is 5.88. The standard InChI is InChI=1S/C20H21ClN2O4/c1-4-20(19(26)27,15-9-11-16(21)12-10-15)22-17(24)13-5-7-14(8-6-13)18(25)23(2)3/h5-12H,4H2,1-3H3,(H,22,24)(H,26,27). The van der Waals surface area contributed by atoms with Gasteiger partial charge in [0, 0.05) is 30.2 Å². The van der Waals surface area contributed by atoms with E-state index in [0.717, 1.165) is 0 Å². The number of carbonyl (C=O) groups is 3. The topological polar surface area (TPSA) is 86.7 Å². The molecule has 0 saturated heterocycles. The van der Waals surface area contributed by atoms with E-state index in [2.05, 4.69) is 5.32 Å². The Labute approximate surface area is 162 Å². The summed E-state index contributed by atoms with van der Waals surface area (Å²) in [5.41, 5.74) is -0.456. The lowest BCUT2D eigenvalue weighted by Gasteiger charge is -2.30. The van der Waals surface area contributed by atoms with Gasteiger partial charge in [0.05, 0.1) is 0 Å². The van der Waals surface area contributed by atoms with Gasteiger partial charge in [0.2, 0.25) is 0 Å². The van der Waals surface area contributed by atoms with E-state index in [1.54, 1.807) is 45.3 Å². The first-order valence-corrected chi connectivity index (χ1v) is 8.72. The van der Waals surface area contributed by atoms with Gasteiger partial charge < -0.3 is 15.3 Å². The molecule has 7 heteroatoms. The van der Waals surface area contributed by atoms with Crippen molar-refractivity contribution in [2.45, 2.75) is 18.9 Å². The highest BCUT2D eigenvalue weighted by Gasteiger charge is 2.40. The predicted octanol–water partition coefficient (Wildman–Crippen LogP) is 3.16. The summed E-state index contributed by atoms with van der Waals surface area (Å²) in [7, 11) is 3.27. The molecule has 6 nitrogen and oxygen atoms in total. The Morgan fingerprint density at radius 1 is 1.00 bits per heavy atom. The Morgan fingerprint density at radius 3 is 1.96 bits per heavy atom. The Kier molecular flexibility index (Phi) is 6.23. The van der Waals surface area contributed by atoms with Crippen LogP contribution in [0.2, 0.25) is 5.02 Å². The monoisotopic (exact) mass is 388 g/mol. The van der Waals surface area contributed by atoms with E-state index < -0.39 is 17.4 Å². The zero-order valence-electron chi connectivity index (χ0n) is 15.3. The van der Waals surface area contributed by atoms with Crippen LogP contribution in [0, 0.1) is 0 Å². The molecule has 0 aliphatic carbocycles. The number of aliphatic carboxylic acids is 1. The van der Waals surface area contributed by atoms with Crippen molar-refractivity contribution in [3.63, 3.8) is 0 Å². The summed E-state index contributed by atoms with van der Waals surface area (Å²) in [6.45, 7) is 1.68. The van der Waals surface area contributed by atoms with Gasteiger partial charge in [-0.3, -0.25) is 9.59 Å². The van der Waals surface area contributed by atoms with E-state index >= 15 is 0 Å². The van der Waals surface area contributed by atoms with Gasteiger partial charge >= 0.3 is 5.97 Å². The molecule has 0 aromatic heterocycles. The number of halogens is 1.